The average Bonchev–Trinajstić information content (AvgIpc) is 2.93. The highest BCUT2D eigenvalue weighted by Gasteiger charge is 2.32. The van der Waals surface area contributed by atoms with Crippen molar-refractivity contribution in [3.05, 3.63) is 41.0 Å². The largest absolute Gasteiger partial charge is 0.496 e. The number of hydrogen-bond acceptors (Lipinski definition) is 2. The van der Waals surface area contributed by atoms with Gasteiger partial charge in [0, 0.05) is 10.9 Å². The van der Waals surface area contributed by atoms with Gasteiger partial charge in [-0.3, -0.25) is 0 Å². The fourth-order valence-electron chi connectivity index (χ4n) is 7.53. The topological polar surface area (TPSA) is 18.5 Å². The van der Waals surface area contributed by atoms with Crippen LogP contribution in [0.2, 0.25) is 0 Å². The molecule has 0 bridgehead atoms. The molecule has 0 aliphatic heterocycles. The average molecular weight is 493 g/mol. The van der Waals surface area contributed by atoms with E-state index in [9.17, 15) is 0 Å². The molecule has 0 aromatic heterocycles. The molecule has 0 heterocycles. The summed E-state index contributed by atoms with van der Waals surface area (Å²) in [6.45, 7) is 0. The molecule has 0 spiro atoms. The molecule has 0 saturated heterocycles. The normalized spacial score (nSPS) is 20.7. The van der Waals surface area contributed by atoms with Gasteiger partial charge in [-0.15, -0.1) is 9.24 Å². The predicted molar refractivity (Wildman–Crippen MR) is 152 cm³/mol. The summed E-state index contributed by atoms with van der Waals surface area (Å²) >= 11 is 0. The minimum Gasteiger partial charge on any atom is -0.496 e. The summed E-state index contributed by atoms with van der Waals surface area (Å²) < 4.78 is 11.8. The van der Waals surface area contributed by atoms with Crippen LogP contribution in [-0.4, -0.2) is 14.2 Å². The van der Waals surface area contributed by atoms with E-state index in [0.29, 0.717) is 5.92 Å². The number of ether oxygens (including phenoxy) is 2. The summed E-state index contributed by atoms with van der Waals surface area (Å²) in [7, 11) is 6.58. The molecule has 190 valence electrons. The van der Waals surface area contributed by atoms with Gasteiger partial charge in [-0.05, 0) is 90.7 Å². The minimum atomic E-state index is 0.666. The summed E-state index contributed by atoms with van der Waals surface area (Å²) in [6.07, 6.45) is 20.7. The van der Waals surface area contributed by atoms with Crippen LogP contribution in [0, 0.1) is 0 Å². The number of rotatable bonds is 6. The Kier molecular flexibility index (Phi) is 8.39. The van der Waals surface area contributed by atoms with Crippen LogP contribution in [-0.2, 0) is 0 Å². The van der Waals surface area contributed by atoms with Crippen molar-refractivity contribution in [1.82, 2.24) is 0 Å². The number of methoxy groups -OCH3 is 2. The Hall–Kier alpha value is -1.53. The van der Waals surface area contributed by atoms with Crippen LogP contribution < -0.4 is 14.8 Å². The van der Waals surface area contributed by atoms with E-state index in [1.54, 1.807) is 23.8 Å². The van der Waals surface area contributed by atoms with Crippen molar-refractivity contribution in [3.63, 3.8) is 0 Å². The first-order valence-electron chi connectivity index (χ1n) is 14.4. The molecule has 0 amide bonds. The zero-order valence-electron chi connectivity index (χ0n) is 22.0. The SMILES string of the molecule is COc1ccc(OC)c(-c2ccc(C3CCCCC3)c(C3CCCCC3)c2C2CCCCC2)c1P. The molecule has 0 radical (unpaired) electrons. The van der Waals surface area contributed by atoms with Crippen molar-refractivity contribution in [2.45, 2.75) is 114 Å². The zero-order chi connectivity index (χ0) is 24.2. The van der Waals surface area contributed by atoms with Gasteiger partial charge in [-0.25, -0.2) is 0 Å². The molecule has 2 aromatic rings. The predicted octanol–water partition coefficient (Wildman–Crippen LogP) is 9.01. The van der Waals surface area contributed by atoms with Crippen molar-refractivity contribution >= 4 is 14.5 Å². The fraction of sp³-hybridized carbons (Fsp3) is 0.625. The Morgan fingerprint density at radius 1 is 0.571 bits per heavy atom. The van der Waals surface area contributed by atoms with E-state index in [0.717, 1.165) is 28.6 Å². The molecule has 0 N–H and O–H groups in total. The Bertz CT molecular complexity index is 995. The van der Waals surface area contributed by atoms with Gasteiger partial charge in [0.05, 0.1) is 14.2 Å². The van der Waals surface area contributed by atoms with Gasteiger partial charge in [0.15, 0.2) is 0 Å². The second-order valence-electron chi connectivity index (χ2n) is 11.3. The molecule has 35 heavy (non-hydrogen) atoms. The van der Waals surface area contributed by atoms with Crippen LogP contribution in [0.5, 0.6) is 11.5 Å². The second kappa shape index (κ2) is 11.7. The van der Waals surface area contributed by atoms with Gasteiger partial charge < -0.3 is 9.47 Å². The van der Waals surface area contributed by atoms with Crippen LogP contribution >= 0.6 is 9.24 Å². The van der Waals surface area contributed by atoms with E-state index < -0.39 is 0 Å². The third-order valence-corrected chi connectivity index (χ3v) is 9.84. The minimum absolute atomic E-state index is 0.666. The standard InChI is InChI=1S/C32H45O2P/c1-33-27-20-21-28(34-2)32(35)31(27)26-19-18-25(22-12-6-3-7-13-22)29(23-14-8-4-9-15-23)30(26)24-16-10-5-11-17-24/h18-24H,3-17,35H2,1-2H3. The van der Waals surface area contributed by atoms with Gasteiger partial charge in [-0.2, -0.15) is 0 Å². The Morgan fingerprint density at radius 3 is 1.60 bits per heavy atom. The summed E-state index contributed by atoms with van der Waals surface area (Å²) in [5, 5.41) is 1.13. The molecule has 3 fully saturated rings. The molecule has 3 aliphatic rings. The fourth-order valence-corrected chi connectivity index (χ4v) is 8.04. The van der Waals surface area contributed by atoms with Crippen LogP contribution in [0.3, 0.4) is 0 Å². The van der Waals surface area contributed by atoms with Gasteiger partial charge in [-0.1, -0.05) is 69.9 Å². The second-order valence-corrected chi connectivity index (χ2v) is 11.9. The first kappa shape index (κ1) is 25.1. The van der Waals surface area contributed by atoms with Gasteiger partial charge in [0.1, 0.15) is 11.5 Å². The van der Waals surface area contributed by atoms with E-state index in [2.05, 4.69) is 27.4 Å². The molecule has 1 unspecified atom stereocenters. The maximum atomic E-state index is 5.99. The lowest BCUT2D eigenvalue weighted by Crippen LogP contribution is -2.19. The summed E-state index contributed by atoms with van der Waals surface area (Å²) in [5.41, 5.74) is 7.82. The van der Waals surface area contributed by atoms with Gasteiger partial charge in [0.25, 0.3) is 0 Å². The van der Waals surface area contributed by atoms with E-state index in [1.165, 1.54) is 107 Å². The highest BCUT2D eigenvalue weighted by molar-refractivity contribution is 7.28. The number of benzene rings is 2. The molecule has 2 nitrogen and oxygen atoms in total. The Balaban J connectivity index is 1.76. The van der Waals surface area contributed by atoms with E-state index in [4.69, 9.17) is 9.47 Å². The summed E-state index contributed by atoms with van der Waals surface area (Å²) in [6, 6.07) is 9.17. The lowest BCUT2D eigenvalue weighted by Gasteiger charge is -2.36. The highest BCUT2D eigenvalue weighted by Crippen LogP contribution is 2.50. The third kappa shape index (κ3) is 5.16. The van der Waals surface area contributed by atoms with E-state index in [1.807, 2.05) is 13.2 Å². The lowest BCUT2D eigenvalue weighted by molar-refractivity contribution is 0.403. The van der Waals surface area contributed by atoms with Crippen LogP contribution in [0.4, 0.5) is 0 Å². The highest BCUT2D eigenvalue weighted by atomic mass is 31.0. The molecule has 3 aliphatic carbocycles. The van der Waals surface area contributed by atoms with Crippen molar-refractivity contribution in [2.75, 3.05) is 14.2 Å². The van der Waals surface area contributed by atoms with Crippen molar-refractivity contribution in [2.24, 2.45) is 0 Å². The molecular formula is C32H45O2P. The van der Waals surface area contributed by atoms with Crippen molar-refractivity contribution in [3.8, 4) is 22.6 Å². The lowest BCUT2D eigenvalue weighted by atomic mass is 9.69. The van der Waals surface area contributed by atoms with Crippen LogP contribution in [0.1, 0.15) is 131 Å². The maximum absolute atomic E-state index is 5.99. The first-order chi connectivity index (χ1) is 17.2. The zero-order valence-corrected chi connectivity index (χ0v) is 23.2. The third-order valence-electron chi connectivity index (χ3n) is 9.27. The quantitative estimate of drug-likeness (QED) is 0.375. The molecular weight excluding hydrogens is 447 g/mol. The molecule has 1 atom stereocenters. The van der Waals surface area contributed by atoms with E-state index in [-0.39, 0.29) is 0 Å². The van der Waals surface area contributed by atoms with Gasteiger partial charge in [0.2, 0.25) is 0 Å². The number of hydrogen-bond donors (Lipinski definition) is 0. The Morgan fingerprint density at radius 2 is 1.06 bits per heavy atom. The van der Waals surface area contributed by atoms with Gasteiger partial charge >= 0.3 is 0 Å². The Labute approximate surface area is 215 Å². The molecule has 3 saturated carbocycles. The van der Waals surface area contributed by atoms with Crippen molar-refractivity contribution < 1.29 is 9.47 Å². The maximum Gasteiger partial charge on any atom is 0.127 e. The summed E-state index contributed by atoms with van der Waals surface area (Å²) in [4.78, 5) is 0. The van der Waals surface area contributed by atoms with Crippen molar-refractivity contribution in [1.29, 1.82) is 0 Å². The smallest absolute Gasteiger partial charge is 0.127 e. The van der Waals surface area contributed by atoms with Crippen LogP contribution in [0.25, 0.3) is 11.1 Å². The first-order valence-corrected chi connectivity index (χ1v) is 15.0. The molecule has 3 heteroatoms. The summed E-state index contributed by atoms with van der Waals surface area (Å²) in [5.74, 6) is 4.03. The van der Waals surface area contributed by atoms with Crippen LogP contribution in [0.15, 0.2) is 24.3 Å². The molecule has 5 rings (SSSR count). The van der Waals surface area contributed by atoms with E-state index >= 15 is 0 Å². The monoisotopic (exact) mass is 492 g/mol. The molecule has 2 aromatic carbocycles.